The molecule has 12 heteroatoms. The summed E-state index contributed by atoms with van der Waals surface area (Å²) < 4.78 is 0. The molecule has 184 valence electrons. The first kappa shape index (κ1) is 29.3. The van der Waals surface area contributed by atoms with Crippen LogP contribution in [0.3, 0.4) is 0 Å². The minimum absolute atomic E-state index is 0.107. The zero-order valence-electron chi connectivity index (χ0n) is 19.3. The van der Waals surface area contributed by atoms with Gasteiger partial charge in [0.2, 0.25) is 23.6 Å². The lowest BCUT2D eigenvalue weighted by atomic mass is 9.98. The minimum Gasteiger partial charge on any atom is -0.480 e. The highest BCUT2D eigenvalue weighted by Gasteiger charge is 2.34. The zero-order chi connectivity index (χ0) is 25.2. The summed E-state index contributed by atoms with van der Waals surface area (Å²) in [5.41, 5.74) is 11.0. The lowest BCUT2D eigenvalue weighted by Crippen LogP contribution is -2.60. The maximum absolute atomic E-state index is 12.7. The Morgan fingerprint density at radius 2 is 1.41 bits per heavy atom. The molecule has 32 heavy (non-hydrogen) atoms. The number of aliphatic hydroxyl groups excluding tert-OH is 1. The zero-order valence-corrected chi connectivity index (χ0v) is 19.3. The standard InChI is InChI=1S/C20H37N5O7/c1-6-10(4)15(20(31)32)24-19(30)16(11(5)26)25-18(29)13(8-14(22)27)23-17(28)12(21)7-9(2)3/h9-13,15-16,26H,6-8,21H2,1-5H3,(H2,22,27)(H,23,28)(H,24,30)(H,25,29)(H,31,32)/t10-,11+,12-,13-,15-,16-/m0/s1. The highest BCUT2D eigenvalue weighted by atomic mass is 16.4. The molecule has 0 rings (SSSR count). The monoisotopic (exact) mass is 459 g/mol. The lowest BCUT2D eigenvalue weighted by molar-refractivity contribution is -0.144. The number of carbonyl (C=O) groups is 5. The fourth-order valence-corrected chi connectivity index (χ4v) is 2.89. The van der Waals surface area contributed by atoms with Crippen LogP contribution in [0.25, 0.3) is 0 Å². The van der Waals surface area contributed by atoms with E-state index in [0.29, 0.717) is 12.8 Å². The van der Waals surface area contributed by atoms with E-state index in [2.05, 4.69) is 16.0 Å². The summed E-state index contributed by atoms with van der Waals surface area (Å²) >= 11 is 0. The van der Waals surface area contributed by atoms with Crippen LogP contribution >= 0.6 is 0 Å². The van der Waals surface area contributed by atoms with Gasteiger partial charge in [-0.15, -0.1) is 0 Å². The number of rotatable bonds is 14. The van der Waals surface area contributed by atoms with E-state index in [4.69, 9.17) is 11.5 Å². The van der Waals surface area contributed by atoms with Gasteiger partial charge in [-0.2, -0.15) is 0 Å². The van der Waals surface area contributed by atoms with Gasteiger partial charge in [0.05, 0.1) is 18.6 Å². The number of hydrogen-bond donors (Lipinski definition) is 7. The molecule has 0 bridgehead atoms. The Morgan fingerprint density at radius 3 is 1.81 bits per heavy atom. The molecule has 0 aromatic carbocycles. The van der Waals surface area contributed by atoms with Crippen molar-refractivity contribution in [2.75, 3.05) is 0 Å². The number of carbonyl (C=O) groups excluding carboxylic acids is 4. The molecule has 0 aromatic rings. The van der Waals surface area contributed by atoms with E-state index < -0.39 is 72.2 Å². The fourth-order valence-electron chi connectivity index (χ4n) is 2.89. The summed E-state index contributed by atoms with van der Waals surface area (Å²) in [6.07, 6.45) is -1.17. The van der Waals surface area contributed by atoms with Gasteiger partial charge in [-0.3, -0.25) is 19.2 Å². The van der Waals surface area contributed by atoms with Gasteiger partial charge in [0.15, 0.2) is 0 Å². The van der Waals surface area contributed by atoms with E-state index in [-0.39, 0.29) is 5.92 Å². The second-order valence-corrected chi connectivity index (χ2v) is 8.40. The van der Waals surface area contributed by atoms with Gasteiger partial charge in [0.25, 0.3) is 0 Å². The SMILES string of the molecule is CC[C@H](C)[C@H](NC(=O)[C@@H](NC(=O)[C@H](CC(N)=O)NC(=O)[C@@H](N)CC(C)C)[C@@H](C)O)C(=O)O. The van der Waals surface area contributed by atoms with Gasteiger partial charge >= 0.3 is 5.97 Å². The molecule has 0 spiro atoms. The Bertz CT molecular complexity index is 683. The first-order chi connectivity index (χ1) is 14.7. The first-order valence-electron chi connectivity index (χ1n) is 10.6. The van der Waals surface area contributed by atoms with E-state index in [9.17, 15) is 34.2 Å². The summed E-state index contributed by atoms with van der Waals surface area (Å²) in [4.78, 5) is 60.5. The third-order valence-corrected chi connectivity index (χ3v) is 4.94. The smallest absolute Gasteiger partial charge is 0.326 e. The topological polar surface area (TPSA) is 214 Å². The van der Waals surface area contributed by atoms with Crippen molar-refractivity contribution < 1.29 is 34.2 Å². The van der Waals surface area contributed by atoms with Crippen LogP contribution in [0.1, 0.15) is 53.9 Å². The summed E-state index contributed by atoms with van der Waals surface area (Å²) in [6.45, 7) is 8.33. The Labute approximate surface area is 187 Å². The highest BCUT2D eigenvalue weighted by molar-refractivity contribution is 5.96. The molecule has 0 aromatic heterocycles. The van der Waals surface area contributed by atoms with Gasteiger partial charge < -0.3 is 37.6 Å². The van der Waals surface area contributed by atoms with Crippen molar-refractivity contribution in [3.8, 4) is 0 Å². The second kappa shape index (κ2) is 13.6. The molecule has 0 saturated carbocycles. The lowest BCUT2D eigenvalue weighted by Gasteiger charge is -2.27. The number of carboxylic acid groups (broad SMARTS) is 1. The first-order valence-corrected chi connectivity index (χ1v) is 10.6. The molecule has 0 radical (unpaired) electrons. The Morgan fingerprint density at radius 1 is 0.875 bits per heavy atom. The van der Waals surface area contributed by atoms with Crippen molar-refractivity contribution in [1.29, 1.82) is 0 Å². The molecule has 0 aliphatic rings. The summed E-state index contributed by atoms with van der Waals surface area (Å²) in [5.74, 6) is -5.01. The van der Waals surface area contributed by atoms with E-state index in [1.165, 1.54) is 6.92 Å². The number of hydrogen-bond acceptors (Lipinski definition) is 7. The predicted octanol–water partition coefficient (Wildman–Crippen LogP) is -1.80. The van der Waals surface area contributed by atoms with Gasteiger partial charge in [-0.25, -0.2) is 4.79 Å². The van der Waals surface area contributed by atoms with Gasteiger partial charge in [0, 0.05) is 0 Å². The Hall–Kier alpha value is -2.73. The van der Waals surface area contributed by atoms with Crippen LogP contribution in [-0.2, 0) is 24.0 Å². The molecule has 6 atom stereocenters. The van der Waals surface area contributed by atoms with Gasteiger partial charge in [0.1, 0.15) is 18.1 Å². The summed E-state index contributed by atoms with van der Waals surface area (Å²) in [5, 5.41) is 26.2. The van der Waals surface area contributed by atoms with Crippen molar-refractivity contribution >= 4 is 29.6 Å². The van der Waals surface area contributed by atoms with Gasteiger partial charge in [-0.05, 0) is 25.2 Å². The van der Waals surface area contributed by atoms with Crippen LogP contribution in [0.5, 0.6) is 0 Å². The fraction of sp³-hybridized carbons (Fsp3) is 0.750. The number of nitrogens with two attached hydrogens (primary N) is 2. The largest absolute Gasteiger partial charge is 0.480 e. The van der Waals surface area contributed by atoms with Crippen molar-refractivity contribution in [1.82, 2.24) is 16.0 Å². The molecule has 0 saturated heterocycles. The summed E-state index contributed by atoms with van der Waals surface area (Å²) in [6, 6.07) is -5.14. The number of aliphatic hydroxyl groups is 1. The minimum atomic E-state index is -1.54. The maximum atomic E-state index is 12.7. The van der Waals surface area contributed by atoms with Crippen LogP contribution in [0.2, 0.25) is 0 Å². The van der Waals surface area contributed by atoms with Crippen LogP contribution in [0, 0.1) is 11.8 Å². The molecule has 12 nitrogen and oxygen atoms in total. The molecular weight excluding hydrogens is 422 g/mol. The van der Waals surface area contributed by atoms with Crippen molar-refractivity contribution in [2.24, 2.45) is 23.3 Å². The van der Waals surface area contributed by atoms with E-state index in [0.717, 1.165) is 0 Å². The van der Waals surface area contributed by atoms with Gasteiger partial charge in [-0.1, -0.05) is 34.1 Å². The number of carboxylic acids is 1. The molecular formula is C20H37N5O7. The van der Waals surface area contributed by atoms with Crippen LogP contribution in [0.4, 0.5) is 0 Å². The molecule has 0 fully saturated rings. The van der Waals surface area contributed by atoms with Crippen molar-refractivity contribution in [2.45, 2.75) is 84.2 Å². The third-order valence-electron chi connectivity index (χ3n) is 4.94. The van der Waals surface area contributed by atoms with E-state index >= 15 is 0 Å². The second-order valence-electron chi connectivity index (χ2n) is 8.40. The van der Waals surface area contributed by atoms with E-state index in [1.807, 2.05) is 13.8 Å². The molecule has 0 aliphatic carbocycles. The Kier molecular flexibility index (Phi) is 12.5. The normalized spacial score (nSPS) is 16.8. The Balaban J connectivity index is 5.48. The van der Waals surface area contributed by atoms with E-state index in [1.54, 1.807) is 13.8 Å². The third kappa shape index (κ3) is 10.1. The number of amides is 4. The highest BCUT2D eigenvalue weighted by Crippen LogP contribution is 2.09. The summed E-state index contributed by atoms with van der Waals surface area (Å²) in [7, 11) is 0. The average Bonchev–Trinajstić information content (AvgIpc) is 2.67. The number of nitrogens with one attached hydrogen (secondary N) is 3. The molecule has 0 aliphatic heterocycles. The van der Waals surface area contributed by atoms with Crippen LogP contribution in [0.15, 0.2) is 0 Å². The molecule has 4 amide bonds. The van der Waals surface area contributed by atoms with Crippen LogP contribution in [-0.4, -0.2) is 70.1 Å². The predicted molar refractivity (Wildman–Crippen MR) is 116 cm³/mol. The number of aliphatic carboxylic acids is 1. The van der Waals surface area contributed by atoms with Crippen molar-refractivity contribution in [3.05, 3.63) is 0 Å². The van der Waals surface area contributed by atoms with Crippen LogP contribution < -0.4 is 27.4 Å². The molecule has 0 unspecified atom stereocenters. The average molecular weight is 460 g/mol. The maximum Gasteiger partial charge on any atom is 0.326 e. The quantitative estimate of drug-likeness (QED) is 0.157. The number of primary amides is 1. The molecule has 9 N–H and O–H groups in total. The van der Waals surface area contributed by atoms with Crippen molar-refractivity contribution in [3.63, 3.8) is 0 Å². The molecule has 0 heterocycles.